The average Bonchev–Trinajstić information content (AvgIpc) is 2.40. The van der Waals surface area contributed by atoms with Gasteiger partial charge in [-0.1, -0.05) is 31.2 Å². The summed E-state index contributed by atoms with van der Waals surface area (Å²) in [6.45, 7) is 5.84. The maximum Gasteiger partial charge on any atom is 0.164 e. The van der Waals surface area contributed by atoms with Crippen molar-refractivity contribution in [2.75, 3.05) is 0 Å². The van der Waals surface area contributed by atoms with Gasteiger partial charge in [-0.3, -0.25) is 6.92 Å². The molecule has 0 radical (unpaired) electrons. The second-order valence-electron chi connectivity index (χ2n) is 3.98. The van der Waals surface area contributed by atoms with Crippen molar-refractivity contribution < 1.29 is 0 Å². The van der Waals surface area contributed by atoms with Crippen LogP contribution in [0.1, 0.15) is 29.4 Å². The van der Waals surface area contributed by atoms with Gasteiger partial charge in [-0.2, -0.15) is 9.97 Å². The van der Waals surface area contributed by atoms with Crippen molar-refractivity contribution in [1.82, 2.24) is 9.97 Å². The Morgan fingerprint density at radius 1 is 1.06 bits per heavy atom. The van der Waals surface area contributed by atoms with Crippen LogP contribution >= 0.6 is 0 Å². The lowest BCUT2D eigenvalue weighted by Crippen LogP contribution is -1.97. The number of benzene rings is 1. The molecule has 0 fully saturated rings. The van der Waals surface area contributed by atoms with E-state index in [0.29, 0.717) is 0 Å². The Kier molecular flexibility index (Phi) is 3.76. The normalized spacial score (nSPS) is 10.2. The van der Waals surface area contributed by atoms with E-state index < -0.39 is 0 Å². The third-order valence-corrected chi connectivity index (χ3v) is 2.75. The molecule has 0 bridgehead atoms. The van der Waals surface area contributed by atoms with Gasteiger partial charge in [0.15, 0.2) is 5.82 Å². The molecule has 1 aromatic heterocycles. The summed E-state index contributed by atoms with van der Waals surface area (Å²) in [5, 5.41) is 0. The summed E-state index contributed by atoms with van der Waals surface area (Å²) in [6, 6.07) is 8.61. The summed E-state index contributed by atoms with van der Waals surface area (Å²) in [4.78, 5) is 8.61. The van der Waals surface area contributed by atoms with E-state index >= 15 is 0 Å². The summed E-state index contributed by atoms with van der Waals surface area (Å²) in [7, 11) is 0. The molecule has 0 aliphatic carbocycles. The van der Waals surface area contributed by atoms with Crippen molar-refractivity contribution >= 4 is 0 Å². The van der Waals surface area contributed by atoms with Crippen LogP contribution in [0.2, 0.25) is 0 Å². The van der Waals surface area contributed by atoms with Gasteiger partial charge in [-0.05, 0) is 17.5 Å². The van der Waals surface area contributed by atoms with Crippen molar-refractivity contribution in [3.63, 3.8) is 0 Å². The van der Waals surface area contributed by atoms with Crippen LogP contribution < -0.4 is 0 Å². The first-order chi connectivity index (χ1) is 8.31. The SMILES string of the molecule is [CH2-][CH+]c1cnc(Cc2ccc(CC)cc2)nc1. The largest absolute Gasteiger partial charge is 0.260 e. The van der Waals surface area contributed by atoms with Crippen LogP contribution in [0.25, 0.3) is 0 Å². The zero-order valence-corrected chi connectivity index (χ0v) is 10.1. The quantitative estimate of drug-likeness (QED) is 0.746. The number of aryl methyl sites for hydroxylation is 1. The summed E-state index contributed by atoms with van der Waals surface area (Å²) in [5.74, 6) is 0.847. The summed E-state index contributed by atoms with van der Waals surface area (Å²) >= 11 is 0. The van der Waals surface area contributed by atoms with E-state index in [-0.39, 0.29) is 0 Å². The summed E-state index contributed by atoms with van der Waals surface area (Å²) in [6.07, 6.45) is 7.21. The molecule has 2 aromatic rings. The Morgan fingerprint density at radius 2 is 1.65 bits per heavy atom. The maximum atomic E-state index is 4.31. The molecule has 1 heterocycles. The standard InChI is InChI=1S/C15H16N2/c1-3-12-5-7-14(8-6-12)9-15-16-10-13(4-2)11-17-15/h4-8,10-11H,2-3,9H2,1H3. The molecule has 2 nitrogen and oxygen atoms in total. The van der Waals surface area contributed by atoms with Gasteiger partial charge in [0.25, 0.3) is 0 Å². The Hall–Kier alpha value is -1.83. The molecule has 1 aromatic carbocycles. The van der Waals surface area contributed by atoms with Gasteiger partial charge in [-0.25, -0.2) is 0 Å². The zero-order chi connectivity index (χ0) is 12.1. The Balaban J connectivity index is 2.08. The summed E-state index contributed by atoms with van der Waals surface area (Å²) < 4.78 is 0. The molecule has 0 aliphatic rings. The number of hydrogen-bond acceptors (Lipinski definition) is 2. The Bertz CT molecular complexity index is 412. The van der Waals surface area contributed by atoms with E-state index in [1.165, 1.54) is 11.1 Å². The number of hydrogen-bond donors (Lipinski definition) is 0. The first-order valence-electron chi connectivity index (χ1n) is 5.83. The smallest absolute Gasteiger partial charge is 0.164 e. The molecular weight excluding hydrogens is 208 g/mol. The number of nitrogens with zero attached hydrogens (tertiary/aromatic N) is 2. The molecule has 0 saturated heterocycles. The molecule has 0 saturated carbocycles. The first-order valence-corrected chi connectivity index (χ1v) is 5.83. The highest BCUT2D eigenvalue weighted by molar-refractivity contribution is 5.25. The minimum Gasteiger partial charge on any atom is -0.260 e. The highest BCUT2D eigenvalue weighted by atomic mass is 14.9. The molecule has 0 N–H and O–H groups in total. The van der Waals surface area contributed by atoms with Crippen molar-refractivity contribution in [3.8, 4) is 0 Å². The highest BCUT2D eigenvalue weighted by Gasteiger charge is 2.02. The van der Waals surface area contributed by atoms with Gasteiger partial charge in [-0.15, -0.1) is 6.42 Å². The third-order valence-electron chi connectivity index (χ3n) is 2.75. The van der Waals surface area contributed by atoms with Gasteiger partial charge in [0.05, 0.1) is 0 Å². The molecule has 0 aliphatic heterocycles. The lowest BCUT2D eigenvalue weighted by atomic mass is 10.1. The molecular formula is C15H16N2. The second kappa shape index (κ2) is 5.48. The van der Waals surface area contributed by atoms with E-state index in [1.807, 2.05) is 0 Å². The van der Waals surface area contributed by atoms with E-state index in [4.69, 9.17) is 0 Å². The number of aromatic nitrogens is 2. The predicted octanol–water partition coefficient (Wildman–Crippen LogP) is 3.02. The van der Waals surface area contributed by atoms with Crippen LogP contribution in [0, 0.1) is 13.3 Å². The Morgan fingerprint density at radius 3 is 2.18 bits per heavy atom. The van der Waals surface area contributed by atoms with Crippen LogP contribution in [-0.2, 0) is 12.8 Å². The molecule has 0 amide bonds. The number of rotatable bonds is 4. The van der Waals surface area contributed by atoms with Crippen molar-refractivity contribution in [2.45, 2.75) is 19.8 Å². The Labute approximate surface area is 103 Å². The second-order valence-corrected chi connectivity index (χ2v) is 3.98. The molecule has 0 spiro atoms. The van der Waals surface area contributed by atoms with Crippen LogP contribution in [0.3, 0.4) is 0 Å². The molecule has 0 unspecified atom stereocenters. The maximum absolute atomic E-state index is 4.31. The van der Waals surface area contributed by atoms with Gasteiger partial charge in [0.1, 0.15) is 18.0 Å². The van der Waals surface area contributed by atoms with Gasteiger partial charge >= 0.3 is 0 Å². The van der Waals surface area contributed by atoms with Crippen LogP contribution in [0.5, 0.6) is 0 Å². The van der Waals surface area contributed by atoms with Crippen molar-refractivity contribution in [3.05, 3.63) is 72.5 Å². The van der Waals surface area contributed by atoms with Gasteiger partial charge in [0, 0.05) is 6.42 Å². The zero-order valence-electron chi connectivity index (χ0n) is 10.1. The molecule has 86 valence electrons. The van der Waals surface area contributed by atoms with Gasteiger partial charge < -0.3 is 0 Å². The third kappa shape index (κ3) is 3.06. The lowest BCUT2D eigenvalue weighted by Gasteiger charge is -2.01. The highest BCUT2D eigenvalue weighted by Crippen LogP contribution is 2.09. The topological polar surface area (TPSA) is 25.8 Å². The minimum atomic E-state index is 0.779. The fraction of sp³-hybridized carbons (Fsp3) is 0.200. The van der Waals surface area contributed by atoms with Crippen LogP contribution in [-0.4, -0.2) is 9.97 Å². The molecule has 2 rings (SSSR count). The molecule has 2 heteroatoms. The molecule has 17 heavy (non-hydrogen) atoms. The molecule has 0 atom stereocenters. The fourth-order valence-electron chi connectivity index (χ4n) is 1.64. The lowest BCUT2D eigenvalue weighted by molar-refractivity contribution is 0.957. The van der Waals surface area contributed by atoms with Crippen LogP contribution in [0.15, 0.2) is 36.7 Å². The van der Waals surface area contributed by atoms with Gasteiger partial charge in [0.2, 0.25) is 0 Å². The summed E-state index contributed by atoms with van der Waals surface area (Å²) in [5.41, 5.74) is 3.56. The van der Waals surface area contributed by atoms with E-state index in [1.54, 1.807) is 18.8 Å². The van der Waals surface area contributed by atoms with Crippen LogP contribution in [0.4, 0.5) is 0 Å². The monoisotopic (exact) mass is 224 g/mol. The van der Waals surface area contributed by atoms with E-state index in [2.05, 4.69) is 48.1 Å². The predicted molar refractivity (Wildman–Crippen MR) is 69.4 cm³/mol. The van der Waals surface area contributed by atoms with Crippen molar-refractivity contribution in [1.29, 1.82) is 0 Å². The van der Waals surface area contributed by atoms with Crippen molar-refractivity contribution in [2.24, 2.45) is 0 Å². The van der Waals surface area contributed by atoms with E-state index in [0.717, 1.165) is 24.2 Å². The minimum absolute atomic E-state index is 0.779. The van der Waals surface area contributed by atoms with E-state index in [9.17, 15) is 0 Å². The average molecular weight is 224 g/mol. The first kappa shape index (κ1) is 11.6. The fourth-order valence-corrected chi connectivity index (χ4v) is 1.64.